The molecule has 1 aromatic carbocycles. The summed E-state index contributed by atoms with van der Waals surface area (Å²) in [6.45, 7) is -0.740. The molecule has 1 fully saturated rings. The molecule has 1 N–H and O–H groups in total. The largest absolute Gasteiger partial charge is 0.498 e. The second-order valence-corrected chi connectivity index (χ2v) is 9.84. The van der Waals surface area contributed by atoms with E-state index in [9.17, 15) is 14.4 Å². The molecular formula is C18H17Cl3N2O6S. The molecule has 0 bridgehead atoms. The average Bonchev–Trinajstić information content (AvgIpc) is 2.73. The van der Waals surface area contributed by atoms with Crippen LogP contribution in [-0.2, 0) is 23.9 Å². The van der Waals surface area contributed by atoms with Gasteiger partial charge in [0.15, 0.2) is 12.3 Å². The third-order valence-electron chi connectivity index (χ3n) is 4.17. The molecule has 0 spiro atoms. The number of rotatable bonds is 7. The van der Waals surface area contributed by atoms with Crippen LogP contribution in [-0.4, -0.2) is 64.0 Å². The van der Waals surface area contributed by atoms with Crippen molar-refractivity contribution >= 4 is 64.3 Å². The predicted molar refractivity (Wildman–Crippen MR) is 112 cm³/mol. The number of β-lactam (4-membered cyclic amide) rings is 1. The number of alkyl halides is 3. The van der Waals surface area contributed by atoms with Crippen LogP contribution in [0, 0.1) is 0 Å². The Balaban J connectivity index is 1.62. The molecule has 0 saturated carbocycles. The molecule has 2 amide bonds. The molecule has 12 heteroatoms. The number of benzene rings is 1. The summed E-state index contributed by atoms with van der Waals surface area (Å²) in [6, 6.07) is 8.01. The number of nitrogens with zero attached hydrogens (tertiary/aromatic N) is 1. The second kappa shape index (κ2) is 9.55. The fourth-order valence-corrected chi connectivity index (χ4v) is 4.31. The Bertz CT molecular complexity index is 861. The first-order chi connectivity index (χ1) is 14.2. The number of esters is 1. The first kappa shape index (κ1) is 22.9. The minimum Gasteiger partial charge on any atom is -0.498 e. The van der Waals surface area contributed by atoms with Gasteiger partial charge in [-0.25, -0.2) is 4.79 Å². The van der Waals surface area contributed by atoms with E-state index in [4.69, 9.17) is 49.0 Å². The summed E-state index contributed by atoms with van der Waals surface area (Å²) in [7, 11) is 1.38. The van der Waals surface area contributed by atoms with Gasteiger partial charge in [0.25, 0.3) is 11.8 Å². The molecule has 1 saturated heterocycles. The number of hydrogen-bond donors (Lipinski definition) is 1. The number of carbonyl (C=O) groups excluding carboxylic acids is 3. The zero-order valence-corrected chi connectivity index (χ0v) is 18.7. The van der Waals surface area contributed by atoms with E-state index in [1.54, 1.807) is 24.3 Å². The number of amides is 2. The lowest BCUT2D eigenvalue weighted by Gasteiger charge is -2.49. The van der Waals surface area contributed by atoms with Gasteiger partial charge in [-0.1, -0.05) is 53.0 Å². The van der Waals surface area contributed by atoms with Crippen LogP contribution in [0.5, 0.6) is 5.75 Å². The average molecular weight is 496 g/mol. The minimum atomic E-state index is -1.79. The van der Waals surface area contributed by atoms with E-state index in [1.165, 1.54) is 23.8 Å². The maximum absolute atomic E-state index is 12.7. The van der Waals surface area contributed by atoms with Gasteiger partial charge in [0, 0.05) is 0 Å². The molecular weight excluding hydrogens is 479 g/mol. The van der Waals surface area contributed by atoms with Crippen molar-refractivity contribution in [3.05, 3.63) is 41.8 Å². The molecule has 8 nitrogen and oxygen atoms in total. The van der Waals surface area contributed by atoms with E-state index in [1.807, 2.05) is 6.07 Å². The molecule has 30 heavy (non-hydrogen) atoms. The predicted octanol–water partition coefficient (Wildman–Crippen LogP) is 2.24. The fourth-order valence-electron chi connectivity index (χ4n) is 2.83. The molecule has 2 aliphatic rings. The van der Waals surface area contributed by atoms with E-state index in [-0.39, 0.29) is 18.1 Å². The molecule has 0 aliphatic carbocycles. The SMILES string of the molecule is COC1=C(C(=O)OCC(Cl)(Cl)Cl)N2C(=O)[C@@H](NC(=O)COc3ccccc3)[C@@H]2SC1. The van der Waals surface area contributed by atoms with Crippen molar-refractivity contribution in [3.63, 3.8) is 0 Å². The summed E-state index contributed by atoms with van der Waals surface area (Å²) >= 11 is 18.2. The highest BCUT2D eigenvalue weighted by Gasteiger charge is 2.55. The highest BCUT2D eigenvalue weighted by Crippen LogP contribution is 2.41. The molecule has 2 heterocycles. The molecule has 2 aliphatic heterocycles. The lowest BCUT2D eigenvalue weighted by atomic mass is 10.0. The Labute approximate surface area is 191 Å². The highest BCUT2D eigenvalue weighted by molar-refractivity contribution is 8.00. The van der Waals surface area contributed by atoms with E-state index in [0.717, 1.165) is 0 Å². The number of nitrogens with one attached hydrogen (secondary N) is 1. The summed E-state index contributed by atoms with van der Waals surface area (Å²) in [5.41, 5.74) is -0.0634. The van der Waals surface area contributed by atoms with E-state index in [0.29, 0.717) is 11.5 Å². The Kier molecular flexibility index (Phi) is 7.28. The summed E-state index contributed by atoms with van der Waals surface area (Å²) in [5.74, 6) is -0.691. The van der Waals surface area contributed by atoms with Crippen LogP contribution in [0.3, 0.4) is 0 Å². The number of thioether (sulfide) groups is 1. The third-order valence-corrected chi connectivity index (χ3v) is 5.75. The Morgan fingerprint density at radius 1 is 1.27 bits per heavy atom. The number of para-hydroxylation sites is 1. The number of ether oxygens (including phenoxy) is 3. The highest BCUT2D eigenvalue weighted by atomic mass is 35.6. The summed E-state index contributed by atoms with van der Waals surface area (Å²) in [5, 5.41) is 2.14. The molecule has 0 aromatic heterocycles. The number of halogens is 3. The first-order valence-electron chi connectivity index (χ1n) is 8.64. The lowest BCUT2D eigenvalue weighted by molar-refractivity contribution is -0.153. The van der Waals surface area contributed by atoms with Crippen LogP contribution in [0.25, 0.3) is 0 Å². The van der Waals surface area contributed by atoms with Gasteiger partial charge >= 0.3 is 5.97 Å². The third kappa shape index (κ3) is 5.26. The normalized spacial score (nSPS) is 20.8. The monoisotopic (exact) mass is 494 g/mol. The van der Waals surface area contributed by atoms with Crippen LogP contribution in [0.15, 0.2) is 41.8 Å². The van der Waals surface area contributed by atoms with Gasteiger partial charge in [-0.3, -0.25) is 14.5 Å². The zero-order chi connectivity index (χ0) is 21.9. The Hall–Kier alpha value is -1.81. The second-order valence-electron chi connectivity index (χ2n) is 6.22. The van der Waals surface area contributed by atoms with Gasteiger partial charge in [-0.2, -0.15) is 0 Å². The smallest absolute Gasteiger partial charge is 0.358 e. The summed E-state index contributed by atoms with van der Waals surface area (Å²) in [6.07, 6.45) is 0. The van der Waals surface area contributed by atoms with Crippen LogP contribution >= 0.6 is 46.6 Å². The molecule has 0 unspecified atom stereocenters. The first-order valence-corrected chi connectivity index (χ1v) is 10.8. The van der Waals surface area contributed by atoms with Gasteiger partial charge < -0.3 is 19.5 Å². The van der Waals surface area contributed by atoms with E-state index >= 15 is 0 Å². The Morgan fingerprint density at radius 2 is 1.97 bits per heavy atom. The van der Waals surface area contributed by atoms with Crippen molar-refractivity contribution in [1.29, 1.82) is 0 Å². The van der Waals surface area contributed by atoms with Crippen molar-refractivity contribution < 1.29 is 28.6 Å². The topological polar surface area (TPSA) is 94.2 Å². The van der Waals surface area contributed by atoms with Gasteiger partial charge in [-0.15, -0.1) is 11.8 Å². The minimum absolute atomic E-state index is 0.0634. The molecule has 2 atom stereocenters. The van der Waals surface area contributed by atoms with Crippen LogP contribution in [0.1, 0.15) is 0 Å². The lowest BCUT2D eigenvalue weighted by Crippen LogP contribution is -2.71. The molecule has 162 valence electrons. The van der Waals surface area contributed by atoms with E-state index in [2.05, 4.69) is 5.32 Å². The number of methoxy groups -OCH3 is 1. The van der Waals surface area contributed by atoms with Gasteiger partial charge in [0.2, 0.25) is 3.79 Å². The molecule has 1 aromatic rings. The fraction of sp³-hybridized carbons (Fsp3) is 0.389. The molecule has 0 radical (unpaired) electrons. The van der Waals surface area contributed by atoms with Crippen LogP contribution < -0.4 is 10.1 Å². The van der Waals surface area contributed by atoms with Crippen molar-refractivity contribution in [3.8, 4) is 5.75 Å². The van der Waals surface area contributed by atoms with Crippen LogP contribution in [0.2, 0.25) is 0 Å². The van der Waals surface area contributed by atoms with Crippen molar-refractivity contribution in [2.75, 3.05) is 26.1 Å². The standard InChI is InChI=1S/C18H17Cl3N2O6S/c1-27-11-8-30-16-13(22-12(24)7-28-10-5-3-2-4-6-10)15(25)23(16)14(11)17(26)29-9-18(19,20)21/h2-6,13,16H,7-9H2,1H3,(H,22,24)/t13-,16+/m1/s1. The van der Waals surface area contributed by atoms with Crippen molar-refractivity contribution in [2.24, 2.45) is 0 Å². The number of fused-ring (bicyclic) bond motifs is 1. The van der Waals surface area contributed by atoms with Gasteiger partial charge in [-0.05, 0) is 12.1 Å². The van der Waals surface area contributed by atoms with E-state index < -0.39 is 39.6 Å². The maximum Gasteiger partial charge on any atom is 0.358 e. The van der Waals surface area contributed by atoms with Crippen molar-refractivity contribution in [2.45, 2.75) is 15.2 Å². The van der Waals surface area contributed by atoms with Gasteiger partial charge in [0.05, 0.1) is 12.9 Å². The summed E-state index contributed by atoms with van der Waals surface area (Å²) in [4.78, 5) is 38.6. The number of carbonyl (C=O) groups is 3. The maximum atomic E-state index is 12.7. The number of hydrogen-bond acceptors (Lipinski definition) is 7. The molecule has 3 rings (SSSR count). The quantitative estimate of drug-likeness (QED) is 0.352. The Morgan fingerprint density at radius 3 is 2.60 bits per heavy atom. The zero-order valence-electron chi connectivity index (χ0n) is 15.6. The summed E-state index contributed by atoms with van der Waals surface area (Å²) < 4.78 is 13.8. The van der Waals surface area contributed by atoms with Gasteiger partial charge in [0.1, 0.15) is 29.5 Å². The van der Waals surface area contributed by atoms with Crippen LogP contribution in [0.4, 0.5) is 0 Å². The van der Waals surface area contributed by atoms with Crippen molar-refractivity contribution in [1.82, 2.24) is 10.2 Å².